The molecule has 0 spiro atoms. The minimum Gasteiger partial charge on any atom is -0.349 e. The van der Waals surface area contributed by atoms with Crippen molar-refractivity contribution >= 4 is 17.5 Å². The van der Waals surface area contributed by atoms with E-state index in [9.17, 15) is 9.59 Å². The highest BCUT2D eigenvalue weighted by Gasteiger charge is 2.24. The Bertz CT molecular complexity index is 806. The van der Waals surface area contributed by atoms with Crippen molar-refractivity contribution in [1.29, 1.82) is 5.26 Å². The Balaban J connectivity index is 1.77. The highest BCUT2D eigenvalue weighted by molar-refractivity contribution is 6.06. The maximum absolute atomic E-state index is 12.3. The molecule has 6 nitrogen and oxygen atoms in total. The van der Waals surface area contributed by atoms with Crippen LogP contribution in [0, 0.1) is 11.3 Å². The Morgan fingerprint density at radius 2 is 1.83 bits per heavy atom. The summed E-state index contributed by atoms with van der Waals surface area (Å²) in [6.45, 7) is 0. The van der Waals surface area contributed by atoms with Crippen LogP contribution >= 0.6 is 0 Å². The first-order chi connectivity index (χ1) is 11.2. The normalized spacial score (nSPS) is 13.0. The SMILES string of the molecule is N#Cc1ccccc1NC(=O)c1cncc(C(=O)NC2CC2)c1. The van der Waals surface area contributed by atoms with Crippen LogP contribution in [0.5, 0.6) is 0 Å². The third kappa shape index (κ3) is 3.52. The van der Waals surface area contributed by atoms with E-state index in [2.05, 4.69) is 15.6 Å². The number of nitrogens with zero attached hydrogens (tertiary/aromatic N) is 2. The van der Waals surface area contributed by atoms with E-state index in [1.165, 1.54) is 18.5 Å². The zero-order valence-corrected chi connectivity index (χ0v) is 12.2. The topological polar surface area (TPSA) is 94.9 Å². The minimum atomic E-state index is -0.415. The number of rotatable bonds is 4. The number of aromatic nitrogens is 1. The Morgan fingerprint density at radius 3 is 2.52 bits per heavy atom. The third-order valence-electron chi connectivity index (χ3n) is 3.47. The molecule has 1 aliphatic rings. The van der Waals surface area contributed by atoms with Crippen LogP contribution in [0.15, 0.2) is 42.7 Å². The van der Waals surface area contributed by atoms with Gasteiger partial charge in [-0.15, -0.1) is 0 Å². The summed E-state index contributed by atoms with van der Waals surface area (Å²) in [5.74, 6) is -0.645. The summed E-state index contributed by atoms with van der Waals surface area (Å²) in [6, 6.07) is 10.5. The summed E-state index contributed by atoms with van der Waals surface area (Å²) in [5, 5.41) is 14.6. The molecule has 6 heteroatoms. The van der Waals surface area contributed by atoms with Gasteiger partial charge in [-0.1, -0.05) is 12.1 Å². The van der Waals surface area contributed by atoms with E-state index in [1.807, 2.05) is 6.07 Å². The molecule has 23 heavy (non-hydrogen) atoms. The van der Waals surface area contributed by atoms with E-state index in [1.54, 1.807) is 24.3 Å². The van der Waals surface area contributed by atoms with Gasteiger partial charge in [0, 0.05) is 18.4 Å². The van der Waals surface area contributed by atoms with Crippen LogP contribution < -0.4 is 10.6 Å². The fourth-order valence-electron chi connectivity index (χ4n) is 2.07. The molecule has 2 N–H and O–H groups in total. The second kappa shape index (κ2) is 6.28. The van der Waals surface area contributed by atoms with Gasteiger partial charge in [-0.25, -0.2) is 0 Å². The van der Waals surface area contributed by atoms with Crippen LogP contribution in [0.2, 0.25) is 0 Å². The fraction of sp³-hybridized carbons (Fsp3) is 0.176. The lowest BCUT2D eigenvalue weighted by molar-refractivity contribution is 0.0950. The summed E-state index contributed by atoms with van der Waals surface area (Å²) in [6.07, 6.45) is 4.80. The molecule has 0 aliphatic heterocycles. The molecular weight excluding hydrogens is 292 g/mol. The zero-order chi connectivity index (χ0) is 16.2. The number of nitrogens with one attached hydrogen (secondary N) is 2. The van der Waals surface area contributed by atoms with Crippen LogP contribution in [0.4, 0.5) is 5.69 Å². The number of carbonyl (C=O) groups is 2. The second-order valence-electron chi connectivity index (χ2n) is 5.32. The molecule has 0 atom stereocenters. The van der Waals surface area contributed by atoms with Crippen molar-refractivity contribution in [3.05, 3.63) is 59.4 Å². The summed E-state index contributed by atoms with van der Waals surface area (Å²) in [4.78, 5) is 28.3. The van der Waals surface area contributed by atoms with Gasteiger partial charge in [0.05, 0.1) is 22.4 Å². The van der Waals surface area contributed by atoms with Crippen molar-refractivity contribution in [2.75, 3.05) is 5.32 Å². The van der Waals surface area contributed by atoms with Crippen molar-refractivity contribution < 1.29 is 9.59 Å². The molecule has 114 valence electrons. The first-order valence-electron chi connectivity index (χ1n) is 7.24. The molecule has 1 heterocycles. The maximum Gasteiger partial charge on any atom is 0.257 e. The van der Waals surface area contributed by atoms with Crippen molar-refractivity contribution in [1.82, 2.24) is 10.3 Å². The number of hydrogen-bond donors (Lipinski definition) is 2. The first-order valence-corrected chi connectivity index (χ1v) is 7.24. The van der Waals surface area contributed by atoms with Crippen molar-refractivity contribution in [2.24, 2.45) is 0 Å². The standard InChI is InChI=1S/C17H14N4O2/c18-8-11-3-1-2-4-15(11)21-17(23)13-7-12(9-19-10-13)16(22)20-14-5-6-14/h1-4,7,9-10,14H,5-6H2,(H,20,22)(H,21,23). The predicted octanol–water partition coefficient (Wildman–Crippen LogP) is 2.10. The summed E-state index contributed by atoms with van der Waals surface area (Å²) in [5.41, 5.74) is 1.41. The van der Waals surface area contributed by atoms with E-state index in [0.717, 1.165) is 12.8 Å². The van der Waals surface area contributed by atoms with Gasteiger partial charge in [0.1, 0.15) is 6.07 Å². The van der Waals surface area contributed by atoms with Gasteiger partial charge < -0.3 is 10.6 Å². The van der Waals surface area contributed by atoms with E-state index in [-0.39, 0.29) is 17.5 Å². The van der Waals surface area contributed by atoms with Crippen LogP contribution in [0.3, 0.4) is 0 Å². The number of anilines is 1. The summed E-state index contributed by atoms with van der Waals surface area (Å²) in [7, 11) is 0. The van der Waals surface area contributed by atoms with Crippen LogP contribution in [0.1, 0.15) is 39.1 Å². The molecular formula is C17H14N4O2. The van der Waals surface area contributed by atoms with Gasteiger partial charge in [-0.3, -0.25) is 14.6 Å². The predicted molar refractivity (Wildman–Crippen MR) is 83.8 cm³/mol. The largest absolute Gasteiger partial charge is 0.349 e. The molecule has 1 aromatic carbocycles. The molecule has 1 aromatic heterocycles. The number of pyridine rings is 1. The lowest BCUT2D eigenvalue weighted by Gasteiger charge is -2.08. The molecule has 1 saturated carbocycles. The summed E-state index contributed by atoms with van der Waals surface area (Å²) < 4.78 is 0. The van der Waals surface area contributed by atoms with E-state index >= 15 is 0 Å². The molecule has 1 aliphatic carbocycles. The maximum atomic E-state index is 12.3. The van der Waals surface area contributed by atoms with E-state index < -0.39 is 5.91 Å². The van der Waals surface area contributed by atoms with Crippen molar-refractivity contribution in [2.45, 2.75) is 18.9 Å². The highest BCUT2D eigenvalue weighted by Crippen LogP contribution is 2.19. The molecule has 0 unspecified atom stereocenters. The molecule has 0 radical (unpaired) electrons. The number of benzene rings is 1. The Kier molecular flexibility index (Phi) is 4.02. The lowest BCUT2D eigenvalue weighted by atomic mass is 10.1. The molecule has 0 bridgehead atoms. The fourth-order valence-corrected chi connectivity index (χ4v) is 2.07. The lowest BCUT2D eigenvalue weighted by Crippen LogP contribution is -2.26. The summed E-state index contributed by atoms with van der Waals surface area (Å²) >= 11 is 0. The number of carbonyl (C=O) groups excluding carboxylic acids is 2. The van der Waals surface area contributed by atoms with Crippen molar-refractivity contribution in [3.8, 4) is 6.07 Å². The quantitative estimate of drug-likeness (QED) is 0.904. The average Bonchev–Trinajstić information content (AvgIpc) is 3.39. The minimum absolute atomic E-state index is 0.230. The van der Waals surface area contributed by atoms with Gasteiger partial charge in [-0.2, -0.15) is 5.26 Å². The second-order valence-corrected chi connectivity index (χ2v) is 5.32. The molecule has 1 fully saturated rings. The molecule has 3 rings (SSSR count). The Hall–Kier alpha value is -3.20. The first kappa shape index (κ1) is 14.7. The van der Waals surface area contributed by atoms with E-state index in [0.29, 0.717) is 16.8 Å². The van der Waals surface area contributed by atoms with Crippen molar-refractivity contribution in [3.63, 3.8) is 0 Å². The smallest absolute Gasteiger partial charge is 0.257 e. The van der Waals surface area contributed by atoms with Gasteiger partial charge >= 0.3 is 0 Å². The molecule has 2 amide bonds. The third-order valence-corrected chi connectivity index (χ3v) is 3.47. The Labute approximate surface area is 133 Å². The average molecular weight is 306 g/mol. The van der Waals surface area contributed by atoms with Gasteiger partial charge in [0.25, 0.3) is 11.8 Å². The van der Waals surface area contributed by atoms with Crippen LogP contribution in [-0.2, 0) is 0 Å². The number of amides is 2. The van der Waals surface area contributed by atoms with Gasteiger partial charge in [0.2, 0.25) is 0 Å². The van der Waals surface area contributed by atoms with Crippen LogP contribution in [-0.4, -0.2) is 22.8 Å². The zero-order valence-electron chi connectivity index (χ0n) is 12.2. The highest BCUT2D eigenvalue weighted by atomic mass is 16.2. The Morgan fingerprint density at radius 1 is 1.13 bits per heavy atom. The number of para-hydroxylation sites is 1. The van der Waals surface area contributed by atoms with Gasteiger partial charge in [0.15, 0.2) is 0 Å². The molecule has 0 saturated heterocycles. The van der Waals surface area contributed by atoms with E-state index in [4.69, 9.17) is 5.26 Å². The monoisotopic (exact) mass is 306 g/mol. The van der Waals surface area contributed by atoms with Gasteiger partial charge in [-0.05, 0) is 31.0 Å². The number of hydrogen-bond acceptors (Lipinski definition) is 4. The van der Waals surface area contributed by atoms with Crippen LogP contribution in [0.25, 0.3) is 0 Å². The number of nitriles is 1. The molecule has 2 aromatic rings.